The van der Waals surface area contributed by atoms with Crippen LogP contribution in [0.25, 0.3) is 0 Å². The Morgan fingerprint density at radius 3 is 2.46 bits per heavy atom. The second kappa shape index (κ2) is 8.72. The molecule has 2 aromatic carbocycles. The van der Waals surface area contributed by atoms with Crippen LogP contribution >= 0.6 is 34.8 Å². The minimum Gasteiger partial charge on any atom is -0.323 e. The van der Waals surface area contributed by atoms with Crippen LogP contribution < -0.4 is 10.6 Å². The molecule has 0 aliphatic rings. The molecule has 0 unspecified atom stereocenters. The average molecular weight is 387 g/mol. The quantitative estimate of drug-likeness (QED) is 0.581. The molecule has 3 nitrogen and oxygen atoms in total. The lowest BCUT2D eigenvalue weighted by Crippen LogP contribution is -2.96. The van der Waals surface area contributed by atoms with Crippen LogP contribution in [0.5, 0.6) is 0 Å². The van der Waals surface area contributed by atoms with Gasteiger partial charge < -0.3 is 5.32 Å². The van der Waals surface area contributed by atoms with Crippen molar-refractivity contribution in [2.45, 2.75) is 23.3 Å². The molecule has 24 heavy (non-hydrogen) atoms. The number of rotatable bonds is 6. The molecule has 1 amide bonds. The van der Waals surface area contributed by atoms with Crippen molar-refractivity contribution in [3.8, 4) is 0 Å². The third-order valence-electron chi connectivity index (χ3n) is 3.60. The van der Waals surface area contributed by atoms with Crippen molar-refractivity contribution in [2.75, 3.05) is 6.54 Å². The first kappa shape index (κ1) is 19.1. The van der Waals surface area contributed by atoms with E-state index in [-0.39, 0.29) is 5.91 Å². The van der Waals surface area contributed by atoms with E-state index in [1.165, 1.54) is 5.56 Å². The standard InChI is InChI=1S/C18H19Cl3N2O/c1-13-6-5-9-15(12-13)16(24)23-17(18(19,20)21)22-11-10-14-7-3-2-4-8-14/h2-9,12,17,22H,10-11H2,1H3,(H,23,24)/p+1/t17-/m1/s1. The molecule has 0 fully saturated rings. The monoisotopic (exact) mass is 385 g/mol. The maximum atomic E-state index is 12.4. The zero-order chi connectivity index (χ0) is 17.6. The highest BCUT2D eigenvalue weighted by molar-refractivity contribution is 6.68. The van der Waals surface area contributed by atoms with Crippen molar-refractivity contribution < 1.29 is 10.1 Å². The van der Waals surface area contributed by atoms with E-state index < -0.39 is 9.96 Å². The summed E-state index contributed by atoms with van der Waals surface area (Å²) in [5.41, 5.74) is 2.74. The number of nitrogens with two attached hydrogens (primary N) is 1. The summed E-state index contributed by atoms with van der Waals surface area (Å²) >= 11 is 18.1. The molecule has 2 aromatic rings. The molecule has 0 saturated carbocycles. The summed E-state index contributed by atoms with van der Waals surface area (Å²) < 4.78 is -1.60. The molecule has 0 aliphatic heterocycles. The normalized spacial score (nSPS) is 12.7. The van der Waals surface area contributed by atoms with Gasteiger partial charge in [0.1, 0.15) is 0 Å². The number of amides is 1. The number of carbonyl (C=O) groups is 1. The Hall–Kier alpha value is -1.26. The van der Waals surface area contributed by atoms with Crippen molar-refractivity contribution in [3.05, 3.63) is 71.3 Å². The van der Waals surface area contributed by atoms with Gasteiger partial charge >= 0.3 is 0 Å². The molecule has 2 rings (SSSR count). The van der Waals surface area contributed by atoms with Gasteiger partial charge in [0.05, 0.1) is 6.54 Å². The van der Waals surface area contributed by atoms with Crippen molar-refractivity contribution >= 4 is 40.7 Å². The first-order chi connectivity index (χ1) is 11.4. The number of nitrogens with one attached hydrogen (secondary N) is 1. The smallest absolute Gasteiger partial charge is 0.262 e. The number of benzene rings is 2. The van der Waals surface area contributed by atoms with Gasteiger partial charge in [-0.3, -0.25) is 10.1 Å². The van der Waals surface area contributed by atoms with E-state index in [0.29, 0.717) is 12.1 Å². The SMILES string of the molecule is Cc1cccc(C(=O)N[C@@H]([NH2+]CCc2ccccc2)C(Cl)(Cl)Cl)c1. The fraction of sp³-hybridized carbons (Fsp3) is 0.278. The first-order valence-corrected chi connectivity index (χ1v) is 8.81. The summed E-state index contributed by atoms with van der Waals surface area (Å²) in [5, 5.41) is 4.64. The van der Waals surface area contributed by atoms with E-state index in [9.17, 15) is 4.79 Å². The average Bonchev–Trinajstić information content (AvgIpc) is 2.54. The van der Waals surface area contributed by atoms with E-state index in [4.69, 9.17) is 34.8 Å². The minimum atomic E-state index is -1.60. The van der Waals surface area contributed by atoms with Crippen molar-refractivity contribution in [1.29, 1.82) is 0 Å². The van der Waals surface area contributed by atoms with Crippen LogP contribution in [-0.2, 0) is 6.42 Å². The van der Waals surface area contributed by atoms with Crippen molar-refractivity contribution in [2.24, 2.45) is 0 Å². The van der Waals surface area contributed by atoms with Crippen LogP contribution in [0.1, 0.15) is 21.5 Å². The van der Waals surface area contributed by atoms with E-state index in [1.54, 1.807) is 12.1 Å². The maximum Gasteiger partial charge on any atom is 0.262 e. The van der Waals surface area contributed by atoms with Crippen LogP contribution in [0.4, 0.5) is 0 Å². The number of alkyl halides is 3. The Morgan fingerprint density at radius 1 is 1.12 bits per heavy atom. The van der Waals surface area contributed by atoms with Gasteiger partial charge in [0.2, 0.25) is 6.17 Å². The molecule has 3 N–H and O–H groups in total. The highest BCUT2D eigenvalue weighted by atomic mass is 35.6. The Bertz CT molecular complexity index is 671. The van der Waals surface area contributed by atoms with Crippen LogP contribution in [0.15, 0.2) is 54.6 Å². The van der Waals surface area contributed by atoms with E-state index in [0.717, 1.165) is 12.0 Å². The molecule has 0 bridgehead atoms. The zero-order valence-corrected chi connectivity index (χ0v) is 15.6. The Kier molecular flexibility index (Phi) is 6.93. The summed E-state index contributed by atoms with van der Waals surface area (Å²) in [6, 6.07) is 17.3. The first-order valence-electron chi connectivity index (χ1n) is 7.68. The van der Waals surface area contributed by atoms with Crippen molar-refractivity contribution in [1.82, 2.24) is 5.32 Å². The zero-order valence-electron chi connectivity index (χ0n) is 13.3. The number of aryl methyl sites for hydroxylation is 1. The Labute approximate surface area is 157 Å². The summed E-state index contributed by atoms with van der Waals surface area (Å²) in [6.45, 7) is 2.62. The van der Waals surface area contributed by atoms with Gasteiger partial charge in [-0.05, 0) is 24.6 Å². The van der Waals surface area contributed by atoms with E-state index in [1.807, 2.05) is 54.7 Å². The number of carbonyl (C=O) groups excluding carboxylic acids is 1. The molecule has 0 aliphatic carbocycles. The van der Waals surface area contributed by atoms with Gasteiger partial charge in [-0.2, -0.15) is 0 Å². The molecule has 0 saturated heterocycles. The number of hydrogen-bond acceptors (Lipinski definition) is 1. The fourth-order valence-corrected chi connectivity index (χ4v) is 2.78. The van der Waals surface area contributed by atoms with Gasteiger partial charge in [0, 0.05) is 12.0 Å². The second-order valence-electron chi connectivity index (χ2n) is 5.62. The summed E-state index contributed by atoms with van der Waals surface area (Å²) in [6.07, 6.45) is 0.150. The molecule has 0 heterocycles. The minimum absolute atomic E-state index is 0.258. The van der Waals surface area contributed by atoms with Gasteiger partial charge in [0.25, 0.3) is 9.70 Å². The molecule has 1 atom stereocenters. The molecule has 0 radical (unpaired) electrons. The molecular formula is C18H20Cl3N2O+. The lowest BCUT2D eigenvalue weighted by Gasteiger charge is -2.23. The number of hydrogen-bond donors (Lipinski definition) is 2. The van der Waals surface area contributed by atoms with Gasteiger partial charge in [-0.25, -0.2) is 0 Å². The molecular weight excluding hydrogens is 367 g/mol. The van der Waals surface area contributed by atoms with E-state index >= 15 is 0 Å². The second-order valence-corrected chi connectivity index (χ2v) is 7.99. The largest absolute Gasteiger partial charge is 0.323 e. The molecule has 0 aromatic heterocycles. The number of halogens is 3. The molecule has 128 valence electrons. The summed E-state index contributed by atoms with van der Waals surface area (Å²) in [7, 11) is 0. The third kappa shape index (κ3) is 5.99. The molecule has 6 heteroatoms. The topological polar surface area (TPSA) is 45.7 Å². The predicted molar refractivity (Wildman–Crippen MR) is 99.7 cm³/mol. The Morgan fingerprint density at radius 2 is 1.83 bits per heavy atom. The van der Waals surface area contributed by atoms with Gasteiger partial charge in [-0.1, -0.05) is 82.8 Å². The highest BCUT2D eigenvalue weighted by Gasteiger charge is 2.37. The maximum absolute atomic E-state index is 12.4. The molecule has 0 spiro atoms. The van der Waals surface area contributed by atoms with E-state index in [2.05, 4.69) is 5.32 Å². The highest BCUT2D eigenvalue weighted by Crippen LogP contribution is 2.27. The predicted octanol–water partition coefficient (Wildman–Crippen LogP) is 3.23. The number of quaternary nitrogens is 1. The van der Waals surface area contributed by atoms with Gasteiger partial charge in [-0.15, -0.1) is 0 Å². The Balaban J connectivity index is 1.97. The summed E-state index contributed by atoms with van der Waals surface area (Å²) in [4.78, 5) is 12.4. The van der Waals surface area contributed by atoms with Crippen molar-refractivity contribution in [3.63, 3.8) is 0 Å². The lowest BCUT2D eigenvalue weighted by atomic mass is 10.1. The van der Waals surface area contributed by atoms with Crippen LogP contribution in [0, 0.1) is 6.92 Å². The van der Waals surface area contributed by atoms with Gasteiger partial charge in [0.15, 0.2) is 0 Å². The lowest BCUT2D eigenvalue weighted by molar-refractivity contribution is -0.691. The van der Waals surface area contributed by atoms with Crippen LogP contribution in [-0.4, -0.2) is 22.4 Å². The summed E-state index contributed by atoms with van der Waals surface area (Å²) in [5.74, 6) is -0.258. The van der Waals surface area contributed by atoms with Crippen LogP contribution in [0.2, 0.25) is 0 Å². The third-order valence-corrected chi connectivity index (χ3v) is 4.30. The fourth-order valence-electron chi connectivity index (χ4n) is 2.35. The van der Waals surface area contributed by atoms with Crippen LogP contribution in [0.3, 0.4) is 0 Å².